The minimum absolute atomic E-state index is 0.172. The van der Waals surface area contributed by atoms with Crippen LogP contribution in [-0.4, -0.2) is 53.9 Å². The molecule has 0 unspecified atom stereocenters. The molecule has 1 fully saturated rings. The monoisotopic (exact) mass is 390 g/mol. The van der Waals surface area contributed by atoms with Gasteiger partial charge in [-0.25, -0.2) is 9.59 Å². The van der Waals surface area contributed by atoms with E-state index >= 15 is 0 Å². The number of urea groups is 2. The Bertz CT molecular complexity index is 795. The number of carbonyl (C=O) groups excluding carboxylic acids is 5. The normalized spacial score (nSPS) is 18.6. The fraction of sp³-hybridized carbons (Fsp3) is 0.389. The molecule has 0 saturated carbocycles. The van der Waals surface area contributed by atoms with E-state index in [1.165, 1.54) is 6.92 Å². The number of nitrogens with one attached hydrogen (secondary N) is 3. The van der Waals surface area contributed by atoms with Crippen LogP contribution in [-0.2, 0) is 24.7 Å². The second kappa shape index (κ2) is 8.51. The molecule has 1 aliphatic rings. The number of hydrogen-bond donors (Lipinski definition) is 3. The number of esters is 1. The van der Waals surface area contributed by atoms with Crippen LogP contribution in [0.4, 0.5) is 9.59 Å². The van der Waals surface area contributed by atoms with Gasteiger partial charge < -0.3 is 15.4 Å². The lowest BCUT2D eigenvalue weighted by Crippen LogP contribution is -2.44. The number of hydrogen-bond acceptors (Lipinski definition) is 6. The van der Waals surface area contributed by atoms with Crippen LogP contribution in [0.15, 0.2) is 30.3 Å². The minimum Gasteiger partial charge on any atom is -0.454 e. The predicted octanol–water partition coefficient (Wildman–Crippen LogP) is 0.231. The maximum atomic E-state index is 12.7. The molecule has 28 heavy (non-hydrogen) atoms. The molecule has 1 atom stereocenters. The van der Waals surface area contributed by atoms with Crippen molar-refractivity contribution >= 4 is 29.8 Å². The van der Waals surface area contributed by atoms with Crippen LogP contribution in [0.3, 0.4) is 0 Å². The van der Waals surface area contributed by atoms with E-state index in [0.29, 0.717) is 5.56 Å². The van der Waals surface area contributed by atoms with Crippen LogP contribution >= 0.6 is 0 Å². The first kappa shape index (κ1) is 20.9. The molecule has 1 aromatic carbocycles. The van der Waals surface area contributed by atoms with E-state index in [1.807, 2.05) is 5.32 Å². The molecule has 2 rings (SSSR count). The Morgan fingerprint density at radius 1 is 1.18 bits per heavy atom. The molecular weight excluding hydrogens is 368 g/mol. The maximum absolute atomic E-state index is 12.7. The quantitative estimate of drug-likeness (QED) is 0.470. The Kier molecular flexibility index (Phi) is 6.34. The molecular formula is C18H22N4O6. The van der Waals surface area contributed by atoms with Gasteiger partial charge >= 0.3 is 18.0 Å². The van der Waals surface area contributed by atoms with Crippen molar-refractivity contribution in [3.05, 3.63) is 35.9 Å². The summed E-state index contributed by atoms with van der Waals surface area (Å²) in [6, 6.07) is 6.97. The van der Waals surface area contributed by atoms with Crippen molar-refractivity contribution < 1.29 is 28.7 Å². The summed E-state index contributed by atoms with van der Waals surface area (Å²) < 4.78 is 4.74. The van der Waals surface area contributed by atoms with Gasteiger partial charge in [0.1, 0.15) is 12.1 Å². The maximum Gasteiger partial charge on any atom is 0.326 e. The highest BCUT2D eigenvalue weighted by molar-refractivity contribution is 6.09. The molecule has 150 valence electrons. The Labute approximate surface area is 161 Å². The number of imide groups is 2. The number of carbonyl (C=O) groups is 5. The standard InChI is InChI=1S/C18H22N4O6/c1-11(2)19-16(26)20-13(23)10-28-14(24)9-22-15(25)18(3,21-17(22)27)12-7-5-4-6-8-12/h4-8,11H,9-10H2,1-3H3,(H,21,27)(H2,19,20,23,26)/t18-/m1/s1. The molecule has 1 saturated heterocycles. The zero-order valence-corrected chi connectivity index (χ0v) is 15.8. The Hall–Kier alpha value is -3.43. The van der Waals surface area contributed by atoms with E-state index in [-0.39, 0.29) is 6.04 Å². The summed E-state index contributed by atoms with van der Waals surface area (Å²) in [4.78, 5) is 60.4. The first-order valence-corrected chi connectivity index (χ1v) is 8.59. The molecule has 1 heterocycles. The molecule has 1 aromatic rings. The Morgan fingerprint density at radius 2 is 1.82 bits per heavy atom. The molecule has 0 aromatic heterocycles. The van der Waals surface area contributed by atoms with Crippen LogP contribution in [0.5, 0.6) is 0 Å². The summed E-state index contributed by atoms with van der Waals surface area (Å²) in [6.07, 6.45) is 0. The summed E-state index contributed by atoms with van der Waals surface area (Å²) in [5.41, 5.74) is -0.731. The van der Waals surface area contributed by atoms with E-state index in [9.17, 15) is 24.0 Å². The van der Waals surface area contributed by atoms with Gasteiger partial charge in [-0.05, 0) is 26.3 Å². The van der Waals surface area contributed by atoms with Crippen LogP contribution in [0.25, 0.3) is 0 Å². The van der Waals surface area contributed by atoms with E-state index < -0.39 is 48.5 Å². The van der Waals surface area contributed by atoms with Crippen molar-refractivity contribution in [2.24, 2.45) is 0 Å². The summed E-state index contributed by atoms with van der Waals surface area (Å²) >= 11 is 0. The van der Waals surface area contributed by atoms with Crippen LogP contribution < -0.4 is 16.0 Å². The molecule has 10 heteroatoms. The first-order chi connectivity index (χ1) is 13.1. The fourth-order valence-corrected chi connectivity index (χ4v) is 2.59. The largest absolute Gasteiger partial charge is 0.454 e. The predicted molar refractivity (Wildman–Crippen MR) is 96.8 cm³/mol. The number of nitrogens with zero attached hydrogens (tertiary/aromatic N) is 1. The highest BCUT2D eigenvalue weighted by Crippen LogP contribution is 2.28. The highest BCUT2D eigenvalue weighted by atomic mass is 16.5. The lowest BCUT2D eigenvalue weighted by Gasteiger charge is -2.21. The van der Waals surface area contributed by atoms with Crippen molar-refractivity contribution in [1.82, 2.24) is 20.9 Å². The van der Waals surface area contributed by atoms with E-state index in [4.69, 9.17) is 4.74 Å². The topological polar surface area (TPSA) is 134 Å². The van der Waals surface area contributed by atoms with Gasteiger partial charge in [-0.1, -0.05) is 30.3 Å². The molecule has 10 nitrogen and oxygen atoms in total. The number of ether oxygens (including phenoxy) is 1. The second-order valence-corrected chi connectivity index (χ2v) is 6.65. The van der Waals surface area contributed by atoms with Gasteiger partial charge in [0.05, 0.1) is 0 Å². The molecule has 1 aliphatic heterocycles. The molecule has 0 bridgehead atoms. The van der Waals surface area contributed by atoms with Crippen molar-refractivity contribution in [3.63, 3.8) is 0 Å². The van der Waals surface area contributed by atoms with Crippen LogP contribution in [0, 0.1) is 0 Å². The average Bonchev–Trinajstić information content (AvgIpc) is 2.84. The lowest BCUT2D eigenvalue weighted by molar-refractivity contribution is -0.150. The van der Waals surface area contributed by atoms with Gasteiger partial charge in [-0.15, -0.1) is 0 Å². The van der Waals surface area contributed by atoms with Crippen LogP contribution in [0.1, 0.15) is 26.3 Å². The van der Waals surface area contributed by atoms with Crippen molar-refractivity contribution in [2.45, 2.75) is 32.4 Å². The lowest BCUT2D eigenvalue weighted by atomic mass is 9.92. The third kappa shape index (κ3) is 4.84. The average molecular weight is 390 g/mol. The number of amides is 6. The number of benzene rings is 1. The molecule has 3 N–H and O–H groups in total. The highest BCUT2D eigenvalue weighted by Gasteiger charge is 2.49. The zero-order chi connectivity index (χ0) is 20.9. The van der Waals surface area contributed by atoms with Gasteiger partial charge in [0, 0.05) is 6.04 Å². The molecule has 6 amide bonds. The molecule has 0 radical (unpaired) electrons. The van der Waals surface area contributed by atoms with Gasteiger partial charge in [0.2, 0.25) is 0 Å². The van der Waals surface area contributed by atoms with Gasteiger partial charge in [0.15, 0.2) is 6.61 Å². The fourth-order valence-electron chi connectivity index (χ4n) is 2.59. The first-order valence-electron chi connectivity index (χ1n) is 8.59. The summed E-state index contributed by atoms with van der Waals surface area (Å²) in [5.74, 6) is -2.40. The van der Waals surface area contributed by atoms with E-state index in [0.717, 1.165) is 4.90 Å². The van der Waals surface area contributed by atoms with Crippen molar-refractivity contribution in [1.29, 1.82) is 0 Å². The van der Waals surface area contributed by atoms with Gasteiger partial charge in [0.25, 0.3) is 11.8 Å². The Morgan fingerprint density at radius 3 is 2.43 bits per heavy atom. The third-order valence-electron chi connectivity index (χ3n) is 3.95. The van der Waals surface area contributed by atoms with Crippen molar-refractivity contribution in [3.8, 4) is 0 Å². The summed E-state index contributed by atoms with van der Waals surface area (Å²) in [7, 11) is 0. The molecule has 0 aliphatic carbocycles. The van der Waals surface area contributed by atoms with Crippen molar-refractivity contribution in [2.75, 3.05) is 13.2 Å². The minimum atomic E-state index is -1.30. The van der Waals surface area contributed by atoms with Gasteiger partial charge in [-0.2, -0.15) is 0 Å². The number of rotatable bonds is 6. The van der Waals surface area contributed by atoms with E-state index in [2.05, 4.69) is 10.6 Å². The van der Waals surface area contributed by atoms with Crippen LogP contribution in [0.2, 0.25) is 0 Å². The van der Waals surface area contributed by atoms with E-state index in [1.54, 1.807) is 44.2 Å². The zero-order valence-electron chi connectivity index (χ0n) is 15.8. The SMILES string of the molecule is CC(C)NC(=O)NC(=O)COC(=O)CN1C(=O)N[C@](C)(c2ccccc2)C1=O. The molecule has 0 spiro atoms. The van der Waals surface area contributed by atoms with Gasteiger partial charge in [-0.3, -0.25) is 24.6 Å². The summed E-state index contributed by atoms with van der Waals surface area (Å²) in [5, 5.41) is 6.98. The summed E-state index contributed by atoms with van der Waals surface area (Å²) in [6.45, 7) is 3.59. The Balaban J connectivity index is 1.90. The smallest absolute Gasteiger partial charge is 0.326 e. The second-order valence-electron chi connectivity index (χ2n) is 6.65. The third-order valence-corrected chi connectivity index (χ3v) is 3.95.